The molecule has 5 heteroatoms. The van der Waals surface area contributed by atoms with Crippen molar-refractivity contribution in [1.82, 2.24) is 10.4 Å². The van der Waals surface area contributed by atoms with Crippen LogP contribution in [-0.2, 0) is 18.6 Å². The van der Waals surface area contributed by atoms with E-state index in [0.29, 0.717) is 5.92 Å². The number of pyridine rings is 1. The summed E-state index contributed by atoms with van der Waals surface area (Å²) in [5, 5.41) is 0. The molecule has 3 heterocycles. The molecule has 2 aromatic heterocycles. The van der Waals surface area contributed by atoms with Crippen molar-refractivity contribution in [2.45, 2.75) is 37.0 Å². The van der Waals surface area contributed by atoms with Crippen LogP contribution in [0.3, 0.4) is 0 Å². The monoisotopic (exact) mass is 317 g/mol. The Kier molecular flexibility index (Phi) is 3.75. The molecule has 3 N–H and O–H groups in total. The van der Waals surface area contributed by atoms with Crippen LogP contribution in [0, 0.1) is 0 Å². The van der Waals surface area contributed by atoms with Crippen LogP contribution in [0.4, 0.5) is 0 Å². The first kappa shape index (κ1) is 13.8. The first-order valence-corrected chi connectivity index (χ1v) is 9.43. The van der Waals surface area contributed by atoms with Crippen molar-refractivity contribution in [2.24, 2.45) is 5.84 Å². The Morgan fingerprint density at radius 1 is 1.33 bits per heavy atom. The number of rotatable bonds is 3. The highest BCUT2D eigenvalue weighted by Gasteiger charge is 2.33. The molecule has 2 unspecified atom stereocenters. The highest BCUT2D eigenvalue weighted by atomic mass is 32.2. The third-order valence-electron chi connectivity index (χ3n) is 4.54. The van der Waals surface area contributed by atoms with E-state index in [1.807, 2.05) is 35.4 Å². The Bertz CT molecular complexity index is 629. The predicted molar refractivity (Wildman–Crippen MR) is 89.5 cm³/mol. The normalized spacial score (nSPS) is 21.9. The lowest BCUT2D eigenvalue weighted by Crippen LogP contribution is -2.31. The number of hydrogen-bond donors (Lipinski definition) is 2. The van der Waals surface area contributed by atoms with Crippen molar-refractivity contribution in [3.8, 4) is 0 Å². The van der Waals surface area contributed by atoms with E-state index in [1.165, 1.54) is 33.9 Å². The van der Waals surface area contributed by atoms with Gasteiger partial charge in [-0.15, -0.1) is 11.3 Å². The molecule has 0 fully saturated rings. The summed E-state index contributed by atoms with van der Waals surface area (Å²) in [5.74, 6) is 8.73. The van der Waals surface area contributed by atoms with Crippen LogP contribution in [0.2, 0.25) is 0 Å². The molecule has 1 aliphatic heterocycles. The SMILES string of the molecule is NNC(c1cc2c(s1)CCSC2)C1CCc2cccnc21. The van der Waals surface area contributed by atoms with E-state index >= 15 is 0 Å². The Balaban J connectivity index is 1.68. The fourth-order valence-corrected chi connectivity index (χ4v) is 5.99. The third-order valence-corrected chi connectivity index (χ3v) is 6.87. The van der Waals surface area contributed by atoms with Crippen LogP contribution in [0.5, 0.6) is 0 Å². The second-order valence-corrected chi connectivity index (χ2v) is 8.01. The summed E-state index contributed by atoms with van der Waals surface area (Å²) in [6.07, 6.45) is 5.37. The molecule has 0 spiro atoms. The van der Waals surface area contributed by atoms with Gasteiger partial charge in [-0.1, -0.05) is 6.07 Å². The van der Waals surface area contributed by atoms with E-state index < -0.39 is 0 Å². The van der Waals surface area contributed by atoms with Crippen molar-refractivity contribution in [3.05, 3.63) is 51.0 Å². The Morgan fingerprint density at radius 2 is 2.29 bits per heavy atom. The number of hydrogen-bond acceptors (Lipinski definition) is 5. The molecule has 0 saturated carbocycles. The number of aryl methyl sites for hydroxylation is 2. The quantitative estimate of drug-likeness (QED) is 0.674. The van der Waals surface area contributed by atoms with Crippen LogP contribution in [-0.4, -0.2) is 10.7 Å². The smallest absolute Gasteiger partial charge is 0.0637 e. The van der Waals surface area contributed by atoms with E-state index in [2.05, 4.69) is 22.5 Å². The van der Waals surface area contributed by atoms with Crippen molar-refractivity contribution >= 4 is 23.1 Å². The van der Waals surface area contributed by atoms with Gasteiger partial charge in [-0.3, -0.25) is 16.3 Å². The molecule has 110 valence electrons. The number of nitrogens with zero attached hydrogens (tertiary/aromatic N) is 1. The maximum Gasteiger partial charge on any atom is 0.0637 e. The molecule has 1 aliphatic carbocycles. The largest absolute Gasteiger partial charge is 0.271 e. The third kappa shape index (κ3) is 2.42. The molecule has 0 amide bonds. The highest BCUT2D eigenvalue weighted by Crippen LogP contribution is 2.43. The molecule has 0 saturated heterocycles. The minimum absolute atomic E-state index is 0.196. The molecule has 21 heavy (non-hydrogen) atoms. The fourth-order valence-electron chi connectivity index (χ4n) is 3.49. The molecule has 0 bridgehead atoms. The van der Waals surface area contributed by atoms with Crippen LogP contribution in [0.25, 0.3) is 0 Å². The maximum absolute atomic E-state index is 5.92. The number of nitrogens with one attached hydrogen (secondary N) is 1. The molecule has 4 rings (SSSR count). The average Bonchev–Trinajstić information content (AvgIpc) is 3.13. The molecule has 3 nitrogen and oxygen atoms in total. The zero-order valence-electron chi connectivity index (χ0n) is 11.8. The first-order chi connectivity index (χ1) is 10.4. The summed E-state index contributed by atoms with van der Waals surface area (Å²) in [7, 11) is 0. The van der Waals surface area contributed by atoms with Gasteiger partial charge in [0.2, 0.25) is 0 Å². The average molecular weight is 317 g/mol. The minimum Gasteiger partial charge on any atom is -0.271 e. The number of aromatic nitrogens is 1. The topological polar surface area (TPSA) is 50.9 Å². The summed E-state index contributed by atoms with van der Waals surface area (Å²) in [6, 6.07) is 6.80. The standard InChI is InChI=1S/C16H19N3S2/c17-19-16(12-4-3-10-2-1-6-18-15(10)12)14-8-11-9-20-7-5-13(11)21-14/h1-2,6,8,12,16,19H,3-5,7,9,17H2. The van der Waals surface area contributed by atoms with Crippen molar-refractivity contribution in [2.75, 3.05) is 5.75 Å². The maximum atomic E-state index is 5.92. The van der Waals surface area contributed by atoms with Gasteiger partial charge in [0.25, 0.3) is 0 Å². The van der Waals surface area contributed by atoms with E-state index in [-0.39, 0.29) is 6.04 Å². The lowest BCUT2D eigenvalue weighted by atomic mass is 9.95. The predicted octanol–water partition coefficient (Wildman–Crippen LogP) is 3.17. The van der Waals surface area contributed by atoms with Crippen molar-refractivity contribution < 1.29 is 0 Å². The molecule has 2 aromatic rings. The lowest BCUT2D eigenvalue weighted by Gasteiger charge is -2.21. The summed E-state index contributed by atoms with van der Waals surface area (Å²) in [4.78, 5) is 7.56. The zero-order valence-corrected chi connectivity index (χ0v) is 13.5. The Labute approximate surface area is 133 Å². The highest BCUT2D eigenvalue weighted by molar-refractivity contribution is 7.98. The van der Waals surface area contributed by atoms with E-state index in [4.69, 9.17) is 5.84 Å². The second kappa shape index (κ2) is 5.72. The Morgan fingerprint density at radius 3 is 3.14 bits per heavy atom. The van der Waals surface area contributed by atoms with Crippen LogP contribution in [0.15, 0.2) is 24.4 Å². The number of fused-ring (bicyclic) bond motifs is 2. The Hall–Kier alpha value is -0.880. The summed E-state index contributed by atoms with van der Waals surface area (Å²) >= 11 is 3.98. The number of hydrazine groups is 1. The minimum atomic E-state index is 0.196. The van der Waals surface area contributed by atoms with Crippen molar-refractivity contribution in [1.29, 1.82) is 0 Å². The van der Waals surface area contributed by atoms with Crippen LogP contribution < -0.4 is 11.3 Å². The summed E-state index contributed by atoms with van der Waals surface area (Å²) in [5.41, 5.74) is 7.22. The lowest BCUT2D eigenvalue weighted by molar-refractivity contribution is 0.453. The number of nitrogens with two attached hydrogens (primary N) is 1. The molecule has 0 radical (unpaired) electrons. The molecular weight excluding hydrogens is 298 g/mol. The van der Waals surface area contributed by atoms with Crippen LogP contribution >= 0.6 is 23.1 Å². The van der Waals surface area contributed by atoms with Gasteiger partial charge in [0.05, 0.1) is 6.04 Å². The van der Waals surface area contributed by atoms with Gasteiger partial charge >= 0.3 is 0 Å². The van der Waals surface area contributed by atoms with Gasteiger partial charge in [0.15, 0.2) is 0 Å². The van der Waals surface area contributed by atoms with E-state index in [9.17, 15) is 0 Å². The molecule has 2 atom stereocenters. The van der Waals surface area contributed by atoms with Crippen molar-refractivity contribution in [3.63, 3.8) is 0 Å². The van der Waals surface area contributed by atoms with Gasteiger partial charge in [0.1, 0.15) is 0 Å². The number of thiophene rings is 1. The van der Waals surface area contributed by atoms with E-state index in [1.54, 1.807) is 4.88 Å². The summed E-state index contributed by atoms with van der Waals surface area (Å²) in [6.45, 7) is 0. The van der Waals surface area contributed by atoms with Gasteiger partial charge in [-0.25, -0.2) is 0 Å². The van der Waals surface area contributed by atoms with Gasteiger partial charge < -0.3 is 0 Å². The van der Waals surface area contributed by atoms with E-state index in [0.717, 1.165) is 18.6 Å². The zero-order chi connectivity index (χ0) is 14.2. The van der Waals surface area contributed by atoms with Gasteiger partial charge in [0, 0.05) is 33.3 Å². The van der Waals surface area contributed by atoms with Gasteiger partial charge in [-0.2, -0.15) is 11.8 Å². The first-order valence-electron chi connectivity index (χ1n) is 7.46. The molecule has 2 aliphatic rings. The van der Waals surface area contributed by atoms with Gasteiger partial charge in [-0.05, 0) is 48.3 Å². The molecule has 0 aromatic carbocycles. The molecular formula is C16H19N3S2. The number of thioether (sulfide) groups is 1. The summed E-state index contributed by atoms with van der Waals surface area (Å²) < 4.78 is 0. The second-order valence-electron chi connectivity index (χ2n) is 5.74. The fraction of sp³-hybridized carbons (Fsp3) is 0.438. The van der Waals surface area contributed by atoms with Crippen LogP contribution in [0.1, 0.15) is 45.0 Å².